The first-order valence-corrected chi connectivity index (χ1v) is 3.57. The Bertz CT molecular complexity index is 240. The molecular formula is C8H13NO2. The summed E-state index contributed by atoms with van der Waals surface area (Å²) in [4.78, 5) is 12.8. The van der Waals surface area contributed by atoms with E-state index in [0.29, 0.717) is 5.57 Å². The van der Waals surface area contributed by atoms with Gasteiger partial charge in [0.15, 0.2) is 0 Å². The number of aliphatic hydroxyl groups excluding tert-OH is 1. The first-order valence-electron chi connectivity index (χ1n) is 3.57. The van der Waals surface area contributed by atoms with Crippen LogP contribution in [0, 0.1) is 0 Å². The maximum atomic E-state index is 11.2. The van der Waals surface area contributed by atoms with E-state index in [1.165, 1.54) is 4.90 Å². The van der Waals surface area contributed by atoms with Crippen LogP contribution in [-0.4, -0.2) is 28.5 Å². The second kappa shape index (κ2) is 2.00. The fourth-order valence-corrected chi connectivity index (χ4v) is 1.22. The van der Waals surface area contributed by atoms with E-state index >= 15 is 0 Å². The van der Waals surface area contributed by atoms with Gasteiger partial charge < -0.3 is 10.0 Å². The van der Waals surface area contributed by atoms with Crippen LogP contribution in [0.1, 0.15) is 20.8 Å². The van der Waals surface area contributed by atoms with Gasteiger partial charge in [0.05, 0.1) is 11.1 Å². The van der Waals surface area contributed by atoms with Crippen LogP contribution in [0.5, 0.6) is 0 Å². The van der Waals surface area contributed by atoms with E-state index in [1.54, 1.807) is 14.0 Å². The predicted molar refractivity (Wildman–Crippen MR) is 42.2 cm³/mol. The van der Waals surface area contributed by atoms with Gasteiger partial charge in [0.2, 0.25) is 0 Å². The fraction of sp³-hybridized carbons (Fsp3) is 0.625. The quantitative estimate of drug-likeness (QED) is 0.568. The molecule has 0 atom stereocenters. The van der Waals surface area contributed by atoms with Gasteiger partial charge in [-0.25, -0.2) is 0 Å². The Morgan fingerprint density at radius 2 is 1.91 bits per heavy atom. The molecule has 0 saturated heterocycles. The lowest BCUT2D eigenvalue weighted by atomic mass is 10.0. The molecule has 0 spiro atoms. The van der Waals surface area contributed by atoms with E-state index in [9.17, 15) is 9.90 Å². The van der Waals surface area contributed by atoms with Crippen molar-refractivity contribution < 1.29 is 9.90 Å². The van der Waals surface area contributed by atoms with Crippen LogP contribution < -0.4 is 0 Å². The monoisotopic (exact) mass is 155 g/mol. The highest BCUT2D eigenvalue weighted by Crippen LogP contribution is 2.31. The number of hydrogen-bond acceptors (Lipinski definition) is 2. The van der Waals surface area contributed by atoms with Crippen LogP contribution >= 0.6 is 0 Å². The van der Waals surface area contributed by atoms with Gasteiger partial charge >= 0.3 is 0 Å². The largest absolute Gasteiger partial charge is 0.509 e. The van der Waals surface area contributed by atoms with Crippen LogP contribution in [0.3, 0.4) is 0 Å². The minimum Gasteiger partial charge on any atom is -0.509 e. The van der Waals surface area contributed by atoms with Gasteiger partial charge in [-0.2, -0.15) is 0 Å². The highest BCUT2D eigenvalue weighted by Gasteiger charge is 2.41. The zero-order valence-corrected chi connectivity index (χ0v) is 7.30. The molecule has 62 valence electrons. The molecule has 3 nitrogen and oxygen atoms in total. The van der Waals surface area contributed by atoms with Crippen molar-refractivity contribution >= 4 is 5.91 Å². The smallest absolute Gasteiger partial charge is 0.253 e. The summed E-state index contributed by atoms with van der Waals surface area (Å²) in [6.07, 6.45) is 0. The van der Waals surface area contributed by atoms with Crippen LogP contribution in [-0.2, 0) is 4.79 Å². The summed E-state index contributed by atoms with van der Waals surface area (Å²) in [5, 5.41) is 9.48. The third kappa shape index (κ3) is 0.836. The summed E-state index contributed by atoms with van der Waals surface area (Å²) in [6.45, 7) is 5.27. The molecule has 3 heteroatoms. The summed E-state index contributed by atoms with van der Waals surface area (Å²) in [7, 11) is 1.69. The number of carbonyl (C=O) groups excluding carboxylic acids is 1. The Morgan fingerprint density at radius 3 is 2.00 bits per heavy atom. The molecule has 0 fully saturated rings. The van der Waals surface area contributed by atoms with Crippen LogP contribution in [0.15, 0.2) is 11.3 Å². The van der Waals surface area contributed by atoms with Crippen LogP contribution in [0.4, 0.5) is 0 Å². The summed E-state index contributed by atoms with van der Waals surface area (Å²) in [5.74, 6) is 0.0949. The zero-order valence-electron chi connectivity index (χ0n) is 7.30. The Balaban J connectivity index is 3.16. The van der Waals surface area contributed by atoms with E-state index in [4.69, 9.17) is 0 Å². The Labute approximate surface area is 66.3 Å². The highest BCUT2D eigenvalue weighted by molar-refractivity contribution is 5.97. The number of nitrogens with zero attached hydrogens (tertiary/aromatic N) is 1. The number of carbonyl (C=O) groups is 1. The second-order valence-corrected chi connectivity index (χ2v) is 3.40. The lowest BCUT2D eigenvalue weighted by molar-refractivity contribution is -0.127. The number of rotatable bonds is 0. The molecule has 0 radical (unpaired) electrons. The molecule has 1 N–H and O–H groups in total. The van der Waals surface area contributed by atoms with Crippen molar-refractivity contribution in [1.82, 2.24) is 4.90 Å². The SMILES string of the molecule is CC1=C(O)C(C)(C)N(C)C1=O. The molecular weight excluding hydrogens is 142 g/mol. The van der Waals surface area contributed by atoms with Gasteiger partial charge in [-0.1, -0.05) is 0 Å². The molecule has 1 amide bonds. The standard InChI is InChI=1S/C8H13NO2/c1-5-6(10)8(2,3)9(4)7(5)11/h10H,1-4H3. The molecule has 0 aromatic carbocycles. The first-order chi connectivity index (χ1) is 4.89. The molecule has 0 aromatic heterocycles. The van der Waals surface area contributed by atoms with Gasteiger partial charge in [0.25, 0.3) is 5.91 Å². The van der Waals surface area contributed by atoms with E-state index in [2.05, 4.69) is 0 Å². The maximum Gasteiger partial charge on any atom is 0.253 e. The fourth-order valence-electron chi connectivity index (χ4n) is 1.22. The predicted octanol–water partition coefficient (Wildman–Crippen LogP) is 1.07. The van der Waals surface area contributed by atoms with Crippen molar-refractivity contribution in [3.05, 3.63) is 11.3 Å². The van der Waals surface area contributed by atoms with E-state index in [1.807, 2.05) is 13.8 Å². The summed E-state index contributed by atoms with van der Waals surface area (Å²) in [5.41, 5.74) is -0.0706. The van der Waals surface area contributed by atoms with Gasteiger partial charge in [-0.15, -0.1) is 0 Å². The number of amides is 1. The molecule has 0 unspecified atom stereocenters. The van der Waals surface area contributed by atoms with Crippen LogP contribution in [0.25, 0.3) is 0 Å². The molecule has 0 saturated carbocycles. The van der Waals surface area contributed by atoms with Gasteiger partial charge in [-0.3, -0.25) is 4.79 Å². The second-order valence-electron chi connectivity index (χ2n) is 3.40. The van der Waals surface area contributed by atoms with E-state index in [0.717, 1.165) is 0 Å². The summed E-state index contributed by atoms with van der Waals surface area (Å²) < 4.78 is 0. The van der Waals surface area contributed by atoms with Crippen molar-refractivity contribution in [2.75, 3.05) is 7.05 Å². The van der Waals surface area contributed by atoms with E-state index < -0.39 is 5.54 Å². The topological polar surface area (TPSA) is 40.5 Å². The lowest BCUT2D eigenvalue weighted by Gasteiger charge is -2.28. The molecule has 1 aliphatic heterocycles. The third-order valence-electron chi connectivity index (χ3n) is 2.40. The third-order valence-corrected chi connectivity index (χ3v) is 2.40. The van der Waals surface area contributed by atoms with Crippen molar-refractivity contribution in [2.45, 2.75) is 26.3 Å². The minimum atomic E-state index is -0.527. The molecule has 1 rings (SSSR count). The summed E-state index contributed by atoms with van der Waals surface area (Å²) in [6, 6.07) is 0. The average Bonchev–Trinajstić information content (AvgIpc) is 2.06. The molecule has 1 aliphatic rings. The highest BCUT2D eigenvalue weighted by atomic mass is 16.3. The Hall–Kier alpha value is -0.990. The van der Waals surface area contributed by atoms with Gasteiger partial charge in [-0.05, 0) is 20.8 Å². The number of likely N-dealkylation sites (N-methyl/N-ethyl adjacent to an activating group) is 1. The van der Waals surface area contributed by atoms with Crippen molar-refractivity contribution in [3.63, 3.8) is 0 Å². The summed E-state index contributed by atoms with van der Waals surface area (Å²) >= 11 is 0. The normalized spacial score (nSPS) is 23.3. The van der Waals surface area contributed by atoms with Gasteiger partial charge in [0, 0.05) is 7.05 Å². The lowest BCUT2D eigenvalue weighted by Crippen LogP contribution is -2.40. The molecule has 0 aromatic rings. The average molecular weight is 155 g/mol. The van der Waals surface area contributed by atoms with Crippen molar-refractivity contribution in [1.29, 1.82) is 0 Å². The van der Waals surface area contributed by atoms with Crippen molar-refractivity contribution in [3.8, 4) is 0 Å². The molecule has 0 aliphatic carbocycles. The first kappa shape index (κ1) is 8.11. The zero-order chi connectivity index (χ0) is 8.81. The molecule has 11 heavy (non-hydrogen) atoms. The van der Waals surface area contributed by atoms with Crippen molar-refractivity contribution in [2.24, 2.45) is 0 Å². The minimum absolute atomic E-state index is 0.0903. The Morgan fingerprint density at radius 1 is 1.45 bits per heavy atom. The van der Waals surface area contributed by atoms with E-state index in [-0.39, 0.29) is 11.7 Å². The maximum absolute atomic E-state index is 11.2. The molecule has 0 bridgehead atoms. The van der Waals surface area contributed by atoms with Crippen LogP contribution in [0.2, 0.25) is 0 Å². The number of aliphatic hydroxyl groups is 1. The van der Waals surface area contributed by atoms with Gasteiger partial charge in [0.1, 0.15) is 5.76 Å². The molecule has 1 heterocycles. The number of hydrogen-bond donors (Lipinski definition) is 1. The Kier molecular flexibility index (Phi) is 1.47.